The van der Waals surface area contributed by atoms with Crippen molar-refractivity contribution in [3.63, 3.8) is 0 Å². The largest absolute Gasteiger partial charge is 0.492 e. The van der Waals surface area contributed by atoms with E-state index in [4.69, 9.17) is 33.7 Å². The van der Waals surface area contributed by atoms with Gasteiger partial charge in [0.05, 0.1) is 19.3 Å². The van der Waals surface area contributed by atoms with Gasteiger partial charge in [-0.3, -0.25) is 4.79 Å². The van der Waals surface area contributed by atoms with E-state index in [1.54, 1.807) is 18.2 Å². The fourth-order valence-corrected chi connectivity index (χ4v) is 2.09. The summed E-state index contributed by atoms with van der Waals surface area (Å²) in [6, 6.07) is 6.48. The Bertz CT molecular complexity index is 674. The van der Waals surface area contributed by atoms with Crippen LogP contribution in [0.5, 0.6) is 5.75 Å². The van der Waals surface area contributed by atoms with Crippen molar-refractivity contribution in [1.29, 1.82) is 0 Å². The summed E-state index contributed by atoms with van der Waals surface area (Å²) >= 11 is 12.0. The van der Waals surface area contributed by atoms with Crippen LogP contribution in [-0.2, 0) is 6.54 Å². The Kier molecular flexibility index (Phi) is 5.61. The van der Waals surface area contributed by atoms with E-state index in [1.807, 2.05) is 0 Å². The van der Waals surface area contributed by atoms with Gasteiger partial charge in [0, 0.05) is 16.1 Å². The lowest BCUT2D eigenvalue weighted by Crippen LogP contribution is -2.23. The van der Waals surface area contributed by atoms with Crippen LogP contribution in [0.2, 0.25) is 10.0 Å². The third-order valence-corrected chi connectivity index (χ3v) is 3.39. The molecule has 0 spiro atoms. The third-order valence-electron chi connectivity index (χ3n) is 2.79. The highest BCUT2D eigenvalue weighted by atomic mass is 35.5. The molecule has 0 unspecified atom stereocenters. The third kappa shape index (κ3) is 4.46. The average molecular weight is 328 g/mol. The molecule has 1 heterocycles. The zero-order valence-corrected chi connectivity index (χ0v) is 12.8. The molecule has 0 fully saturated rings. The average Bonchev–Trinajstić information content (AvgIpc) is 2.46. The normalized spacial score (nSPS) is 10.6. The number of nitrogens with two attached hydrogens (primary N) is 1. The van der Waals surface area contributed by atoms with Crippen LogP contribution >= 0.6 is 23.2 Å². The molecule has 2 N–H and O–H groups in total. The lowest BCUT2D eigenvalue weighted by molar-refractivity contribution is 0.309. The van der Waals surface area contributed by atoms with Gasteiger partial charge in [-0.25, -0.2) is 4.68 Å². The quantitative estimate of drug-likeness (QED) is 0.826. The van der Waals surface area contributed by atoms with Crippen molar-refractivity contribution in [1.82, 2.24) is 9.78 Å². The van der Waals surface area contributed by atoms with Crippen LogP contribution in [-0.4, -0.2) is 22.9 Å². The summed E-state index contributed by atoms with van der Waals surface area (Å²) in [5.74, 6) is 0.432. The molecule has 0 amide bonds. The summed E-state index contributed by atoms with van der Waals surface area (Å²) in [7, 11) is 0. The molecule has 1 aromatic carbocycles. The second-order valence-corrected chi connectivity index (χ2v) is 5.26. The zero-order valence-electron chi connectivity index (χ0n) is 11.3. The molecule has 0 saturated carbocycles. The molecule has 112 valence electrons. The minimum Gasteiger partial charge on any atom is -0.492 e. The summed E-state index contributed by atoms with van der Waals surface area (Å²) in [6.07, 6.45) is 2.22. The van der Waals surface area contributed by atoms with Crippen molar-refractivity contribution in [2.24, 2.45) is 5.73 Å². The van der Waals surface area contributed by atoms with Crippen molar-refractivity contribution in [2.75, 3.05) is 13.2 Å². The molecule has 5 nitrogen and oxygen atoms in total. The smallest absolute Gasteiger partial charge is 0.270 e. The number of hydrogen-bond donors (Lipinski definition) is 1. The van der Waals surface area contributed by atoms with E-state index in [1.165, 1.54) is 16.9 Å². The molecular formula is C14H15Cl2N3O2. The van der Waals surface area contributed by atoms with Crippen molar-refractivity contribution >= 4 is 23.2 Å². The number of hydrogen-bond acceptors (Lipinski definition) is 4. The Hall–Kier alpha value is -1.56. The molecule has 1 aromatic heterocycles. The minimum absolute atomic E-state index is 0.251. The van der Waals surface area contributed by atoms with Crippen molar-refractivity contribution in [3.05, 3.63) is 56.4 Å². The lowest BCUT2D eigenvalue weighted by Gasteiger charge is -2.09. The summed E-state index contributed by atoms with van der Waals surface area (Å²) in [4.78, 5) is 12.0. The Balaban J connectivity index is 2.14. The fourth-order valence-electron chi connectivity index (χ4n) is 1.71. The zero-order chi connectivity index (χ0) is 15.2. The van der Waals surface area contributed by atoms with Crippen LogP contribution in [0.25, 0.3) is 0 Å². The fraction of sp³-hybridized carbons (Fsp3) is 0.286. The molecule has 0 atom stereocenters. The maximum absolute atomic E-state index is 12.0. The van der Waals surface area contributed by atoms with Gasteiger partial charge in [0.25, 0.3) is 5.56 Å². The molecule has 0 saturated heterocycles. The Morgan fingerprint density at radius 1 is 1.29 bits per heavy atom. The molecule has 0 aliphatic carbocycles. The monoisotopic (exact) mass is 327 g/mol. The maximum Gasteiger partial charge on any atom is 0.270 e. The van der Waals surface area contributed by atoms with Gasteiger partial charge in [-0.1, -0.05) is 23.2 Å². The molecule has 0 radical (unpaired) electrons. The first-order valence-corrected chi connectivity index (χ1v) is 7.19. The predicted molar refractivity (Wildman–Crippen MR) is 83.2 cm³/mol. The summed E-state index contributed by atoms with van der Waals surface area (Å²) in [5.41, 5.74) is 5.84. The molecule has 2 rings (SSSR count). The van der Waals surface area contributed by atoms with Gasteiger partial charge in [0.15, 0.2) is 0 Å². The molecule has 2 aromatic rings. The number of halogens is 2. The first-order valence-electron chi connectivity index (χ1n) is 6.44. The highest BCUT2D eigenvalue weighted by Gasteiger charge is 2.06. The summed E-state index contributed by atoms with van der Waals surface area (Å²) < 4.78 is 6.67. The van der Waals surface area contributed by atoms with Crippen LogP contribution in [0.4, 0.5) is 0 Å². The van der Waals surface area contributed by atoms with Gasteiger partial charge in [-0.15, -0.1) is 0 Å². The van der Waals surface area contributed by atoms with Gasteiger partial charge in [-0.05, 0) is 36.7 Å². The number of ether oxygens (including phenoxy) is 1. The lowest BCUT2D eigenvalue weighted by atomic mass is 10.2. The van der Waals surface area contributed by atoms with E-state index < -0.39 is 0 Å². The van der Waals surface area contributed by atoms with Gasteiger partial charge in [0.2, 0.25) is 0 Å². The summed E-state index contributed by atoms with van der Waals surface area (Å²) in [6.45, 7) is 1.25. The van der Waals surface area contributed by atoms with Gasteiger partial charge in [0.1, 0.15) is 5.75 Å². The van der Waals surface area contributed by atoms with Gasteiger partial charge >= 0.3 is 0 Å². The predicted octanol–water partition coefficient (Wildman–Crippen LogP) is 2.33. The first kappa shape index (κ1) is 15.8. The number of rotatable bonds is 6. The number of nitrogens with zero attached hydrogens (tertiary/aromatic N) is 2. The minimum atomic E-state index is -0.267. The van der Waals surface area contributed by atoms with Crippen molar-refractivity contribution in [3.8, 4) is 5.75 Å². The maximum atomic E-state index is 12.0. The van der Waals surface area contributed by atoms with Crippen LogP contribution in [0.3, 0.4) is 0 Å². The van der Waals surface area contributed by atoms with Gasteiger partial charge < -0.3 is 10.5 Å². The Morgan fingerprint density at radius 2 is 2.10 bits per heavy atom. The standard InChI is InChI=1S/C14H15Cl2N3O2/c15-11-2-3-13(16)10(6-11)9-19-14(20)7-12(8-18-19)21-5-1-4-17/h2-3,6-8H,1,4-5,9,17H2. The van der Waals surface area contributed by atoms with E-state index in [9.17, 15) is 4.79 Å². The summed E-state index contributed by atoms with van der Waals surface area (Å²) in [5, 5.41) is 5.17. The second-order valence-electron chi connectivity index (χ2n) is 4.41. The Labute approximate surface area is 132 Å². The van der Waals surface area contributed by atoms with Crippen LogP contribution < -0.4 is 16.0 Å². The van der Waals surface area contributed by atoms with Crippen molar-refractivity contribution in [2.45, 2.75) is 13.0 Å². The van der Waals surface area contributed by atoms with E-state index in [0.717, 1.165) is 12.0 Å². The number of aromatic nitrogens is 2. The topological polar surface area (TPSA) is 70.1 Å². The molecule has 21 heavy (non-hydrogen) atoms. The molecule has 0 aliphatic rings. The molecule has 0 aliphatic heterocycles. The SMILES string of the molecule is NCCCOc1cnn(Cc2cc(Cl)ccc2Cl)c(=O)c1. The van der Waals surface area contributed by atoms with E-state index in [2.05, 4.69) is 5.10 Å². The molecule has 0 bridgehead atoms. The van der Waals surface area contributed by atoms with Crippen LogP contribution in [0.15, 0.2) is 35.3 Å². The number of benzene rings is 1. The first-order chi connectivity index (χ1) is 10.1. The van der Waals surface area contributed by atoms with Crippen molar-refractivity contribution < 1.29 is 4.74 Å². The second kappa shape index (κ2) is 7.45. The van der Waals surface area contributed by atoms with Crippen LogP contribution in [0.1, 0.15) is 12.0 Å². The van der Waals surface area contributed by atoms with E-state index in [0.29, 0.717) is 28.9 Å². The molecular weight excluding hydrogens is 313 g/mol. The Morgan fingerprint density at radius 3 is 2.81 bits per heavy atom. The highest BCUT2D eigenvalue weighted by molar-refractivity contribution is 6.33. The van der Waals surface area contributed by atoms with E-state index >= 15 is 0 Å². The van der Waals surface area contributed by atoms with Gasteiger partial charge in [-0.2, -0.15) is 5.10 Å². The highest BCUT2D eigenvalue weighted by Crippen LogP contribution is 2.21. The van der Waals surface area contributed by atoms with E-state index in [-0.39, 0.29) is 12.1 Å². The molecule has 7 heteroatoms. The van der Waals surface area contributed by atoms with Crippen LogP contribution in [0, 0.1) is 0 Å².